The number of benzene rings is 7. The zero-order valence-corrected chi connectivity index (χ0v) is 28.1. The van der Waals surface area contributed by atoms with Gasteiger partial charge in [-0.1, -0.05) is 97.1 Å². The molecule has 0 saturated carbocycles. The van der Waals surface area contributed by atoms with Crippen molar-refractivity contribution in [3.05, 3.63) is 175 Å². The molecule has 0 amide bonds. The summed E-state index contributed by atoms with van der Waals surface area (Å²) in [6.07, 6.45) is 0. The molecule has 6 heteroatoms. The highest BCUT2D eigenvalue weighted by atomic mass is 19.1. The third-order valence-electron chi connectivity index (χ3n) is 10.3. The maximum atomic E-state index is 14.3. The minimum atomic E-state index is -0.489. The number of rotatable bonds is 4. The van der Waals surface area contributed by atoms with Crippen LogP contribution in [0.5, 0.6) is 0 Å². The van der Waals surface area contributed by atoms with Crippen LogP contribution >= 0.6 is 0 Å². The Morgan fingerprint density at radius 3 is 1.77 bits per heavy atom. The van der Waals surface area contributed by atoms with Crippen LogP contribution in [-0.4, -0.2) is 14.1 Å². The molecule has 0 fully saturated rings. The molecule has 5 nitrogen and oxygen atoms in total. The summed E-state index contributed by atoms with van der Waals surface area (Å²) in [5, 5.41) is 25.2. The number of fused-ring (bicyclic) bond motifs is 7. The molecule has 0 saturated heterocycles. The van der Waals surface area contributed by atoms with Gasteiger partial charge in [0.25, 0.3) is 0 Å². The number of halogens is 1. The first-order valence-corrected chi connectivity index (χ1v) is 17.3. The third-order valence-corrected chi connectivity index (χ3v) is 10.3. The van der Waals surface area contributed by atoms with Crippen LogP contribution in [0, 0.1) is 28.5 Å². The van der Waals surface area contributed by atoms with E-state index in [1.165, 1.54) is 34.0 Å². The Bertz CT molecular complexity index is 3190. The predicted octanol–water partition coefficient (Wildman–Crippen LogP) is 11.6. The monoisotopic (exact) mass is 679 g/mol. The summed E-state index contributed by atoms with van der Waals surface area (Å²) in [4.78, 5) is 4.85. The standard InChI is InChI=1S/C47H26FN5/c48-33-18-22-42-38(26-33)40(27-49)41(28-50)47(51-42)53-44-13-7-5-11-36(44)39-24-31(17-23-45(39)53)32-16-21-37-35-10-4-6-12-43(35)52(46(37)25-32)34-19-14-30(15-20-34)29-8-2-1-3-9-29/h1-26H. The van der Waals surface area contributed by atoms with Gasteiger partial charge in [-0.05, 0) is 82.9 Å². The number of hydrogen-bond donors (Lipinski definition) is 0. The lowest BCUT2D eigenvalue weighted by atomic mass is 10.0. The van der Waals surface area contributed by atoms with Gasteiger partial charge in [0.05, 0.1) is 33.1 Å². The van der Waals surface area contributed by atoms with Gasteiger partial charge in [0.2, 0.25) is 0 Å². The normalized spacial score (nSPS) is 11.5. The Morgan fingerprint density at radius 2 is 1.02 bits per heavy atom. The van der Waals surface area contributed by atoms with Crippen molar-refractivity contribution in [2.45, 2.75) is 0 Å². The van der Waals surface area contributed by atoms with E-state index in [1.807, 2.05) is 28.8 Å². The van der Waals surface area contributed by atoms with Crippen molar-refractivity contribution in [2.24, 2.45) is 0 Å². The summed E-state index contributed by atoms with van der Waals surface area (Å²) in [5.74, 6) is -0.150. The van der Waals surface area contributed by atoms with Gasteiger partial charge in [0.15, 0.2) is 5.82 Å². The molecule has 0 aliphatic rings. The topological polar surface area (TPSA) is 70.3 Å². The van der Waals surface area contributed by atoms with Crippen molar-refractivity contribution >= 4 is 54.5 Å². The van der Waals surface area contributed by atoms with Gasteiger partial charge in [-0.3, -0.25) is 4.57 Å². The first-order chi connectivity index (χ1) is 26.1. The van der Waals surface area contributed by atoms with Crippen LogP contribution in [0.15, 0.2) is 158 Å². The Hall–Kier alpha value is -7.54. The Labute approximate surface area is 303 Å². The molecule has 246 valence electrons. The lowest BCUT2D eigenvalue weighted by Gasteiger charge is -2.12. The van der Waals surface area contributed by atoms with Gasteiger partial charge in [-0.15, -0.1) is 0 Å². The van der Waals surface area contributed by atoms with Crippen LogP contribution in [0.4, 0.5) is 4.39 Å². The molecule has 0 bridgehead atoms. The van der Waals surface area contributed by atoms with E-state index in [0.717, 1.165) is 49.7 Å². The first-order valence-electron chi connectivity index (χ1n) is 17.3. The van der Waals surface area contributed by atoms with Crippen molar-refractivity contribution in [3.63, 3.8) is 0 Å². The summed E-state index contributed by atoms with van der Waals surface area (Å²) in [6, 6.07) is 57.1. The maximum absolute atomic E-state index is 14.3. The Balaban J connectivity index is 1.17. The molecule has 3 heterocycles. The fraction of sp³-hybridized carbons (Fsp3) is 0. The quantitative estimate of drug-likeness (QED) is 0.186. The molecule has 7 aromatic carbocycles. The number of nitriles is 2. The van der Waals surface area contributed by atoms with E-state index in [0.29, 0.717) is 16.7 Å². The minimum absolute atomic E-state index is 0.104. The molecule has 0 atom stereocenters. The SMILES string of the molecule is N#Cc1c(-n2c3ccccc3c3cc(-c4ccc5c6ccccc6n(-c6ccc(-c7ccccc7)cc6)c5c4)ccc32)nc2ccc(F)cc2c1C#N. The summed E-state index contributed by atoms with van der Waals surface area (Å²) in [7, 11) is 0. The molecule has 0 unspecified atom stereocenters. The average Bonchev–Trinajstić information content (AvgIpc) is 3.72. The maximum Gasteiger partial charge on any atom is 0.157 e. The highest BCUT2D eigenvalue weighted by Gasteiger charge is 2.22. The van der Waals surface area contributed by atoms with Gasteiger partial charge in [-0.2, -0.15) is 10.5 Å². The molecular formula is C47H26FN5. The van der Waals surface area contributed by atoms with E-state index >= 15 is 0 Å². The lowest BCUT2D eigenvalue weighted by Crippen LogP contribution is -2.04. The number of nitrogens with zero attached hydrogens (tertiary/aromatic N) is 5. The van der Waals surface area contributed by atoms with E-state index in [-0.39, 0.29) is 11.1 Å². The number of hydrogen-bond acceptors (Lipinski definition) is 3. The predicted molar refractivity (Wildman–Crippen MR) is 211 cm³/mol. The average molecular weight is 680 g/mol. The molecule has 0 N–H and O–H groups in total. The van der Waals surface area contributed by atoms with E-state index in [9.17, 15) is 14.9 Å². The Kier molecular flexibility index (Phi) is 6.73. The van der Waals surface area contributed by atoms with Gasteiger partial charge in [0, 0.05) is 32.6 Å². The number of aromatic nitrogens is 3. The summed E-state index contributed by atoms with van der Waals surface area (Å²) in [5.41, 5.74) is 10.1. The van der Waals surface area contributed by atoms with E-state index < -0.39 is 5.82 Å². The van der Waals surface area contributed by atoms with Gasteiger partial charge in [-0.25, -0.2) is 9.37 Å². The molecule has 0 aliphatic carbocycles. The summed E-state index contributed by atoms with van der Waals surface area (Å²) < 4.78 is 18.5. The molecule has 0 aliphatic heterocycles. The first kappa shape index (κ1) is 30.3. The van der Waals surface area contributed by atoms with Crippen LogP contribution in [-0.2, 0) is 0 Å². The van der Waals surface area contributed by atoms with Crippen molar-refractivity contribution in [1.29, 1.82) is 10.5 Å². The molecule has 0 radical (unpaired) electrons. The molecule has 10 rings (SSSR count). The summed E-state index contributed by atoms with van der Waals surface area (Å²) >= 11 is 0. The summed E-state index contributed by atoms with van der Waals surface area (Å²) in [6.45, 7) is 0. The third kappa shape index (κ3) is 4.64. The molecule has 0 spiro atoms. The van der Waals surface area contributed by atoms with Crippen molar-refractivity contribution in [3.8, 4) is 45.9 Å². The van der Waals surface area contributed by atoms with E-state index in [2.05, 4.69) is 132 Å². The molecular weight excluding hydrogens is 654 g/mol. The zero-order valence-electron chi connectivity index (χ0n) is 28.1. The molecule has 10 aromatic rings. The van der Waals surface area contributed by atoms with Crippen LogP contribution in [0.2, 0.25) is 0 Å². The molecule has 53 heavy (non-hydrogen) atoms. The molecule has 3 aromatic heterocycles. The van der Waals surface area contributed by atoms with Crippen molar-refractivity contribution in [1.82, 2.24) is 14.1 Å². The van der Waals surface area contributed by atoms with Gasteiger partial charge in [0.1, 0.15) is 23.5 Å². The second-order valence-electron chi connectivity index (χ2n) is 13.2. The minimum Gasteiger partial charge on any atom is -0.309 e. The number of para-hydroxylation sites is 2. The fourth-order valence-electron chi connectivity index (χ4n) is 7.85. The van der Waals surface area contributed by atoms with E-state index in [4.69, 9.17) is 4.98 Å². The largest absolute Gasteiger partial charge is 0.309 e. The van der Waals surface area contributed by atoms with Gasteiger partial charge < -0.3 is 4.57 Å². The number of pyridine rings is 1. The highest BCUT2D eigenvalue weighted by Crippen LogP contribution is 2.39. The van der Waals surface area contributed by atoms with Crippen LogP contribution in [0.3, 0.4) is 0 Å². The van der Waals surface area contributed by atoms with Crippen molar-refractivity contribution in [2.75, 3.05) is 0 Å². The zero-order chi connectivity index (χ0) is 35.6. The Morgan fingerprint density at radius 1 is 0.434 bits per heavy atom. The smallest absolute Gasteiger partial charge is 0.157 e. The van der Waals surface area contributed by atoms with Gasteiger partial charge >= 0.3 is 0 Å². The van der Waals surface area contributed by atoms with Crippen LogP contribution in [0.25, 0.3) is 88.3 Å². The second kappa shape index (κ2) is 11.8. The lowest BCUT2D eigenvalue weighted by molar-refractivity contribution is 0.629. The fourth-order valence-corrected chi connectivity index (χ4v) is 7.85. The van der Waals surface area contributed by atoms with E-state index in [1.54, 1.807) is 6.07 Å². The van der Waals surface area contributed by atoms with Crippen molar-refractivity contribution < 1.29 is 4.39 Å². The highest BCUT2D eigenvalue weighted by molar-refractivity contribution is 6.12. The van der Waals surface area contributed by atoms with Crippen LogP contribution in [0.1, 0.15) is 11.1 Å². The van der Waals surface area contributed by atoms with Crippen LogP contribution < -0.4 is 0 Å². The second-order valence-corrected chi connectivity index (χ2v) is 13.2.